The van der Waals surface area contributed by atoms with Crippen molar-refractivity contribution in [2.45, 2.75) is 26.3 Å². The molecule has 0 radical (unpaired) electrons. The first-order valence-electron chi connectivity index (χ1n) is 4.59. The van der Waals surface area contributed by atoms with Gasteiger partial charge < -0.3 is 14.8 Å². The zero-order chi connectivity index (χ0) is 10.3. The zero-order valence-electron chi connectivity index (χ0n) is 8.20. The Balaban J connectivity index is 2.01. The number of carboxylic acid groups (broad SMARTS) is 1. The summed E-state index contributed by atoms with van der Waals surface area (Å²) in [6, 6.07) is 3.51. The molecule has 1 aliphatic carbocycles. The molecule has 0 spiro atoms. The maximum Gasteiger partial charge on any atom is 0.371 e. The van der Waals surface area contributed by atoms with Crippen molar-refractivity contribution in [1.82, 2.24) is 0 Å². The number of rotatable bonds is 3. The minimum atomic E-state index is -1.03. The molecule has 1 aromatic heterocycles. The van der Waals surface area contributed by atoms with Crippen LogP contribution in [0.25, 0.3) is 0 Å². The van der Waals surface area contributed by atoms with Crippen LogP contribution < -0.4 is 5.32 Å². The number of hydrogen-bond acceptors (Lipinski definition) is 3. The average Bonchev–Trinajstić information content (AvgIpc) is 2.51. The van der Waals surface area contributed by atoms with Crippen LogP contribution in [0.1, 0.15) is 30.8 Å². The molecule has 14 heavy (non-hydrogen) atoms. The van der Waals surface area contributed by atoms with Gasteiger partial charge >= 0.3 is 5.97 Å². The van der Waals surface area contributed by atoms with Crippen LogP contribution in [0, 0.1) is 5.41 Å². The van der Waals surface area contributed by atoms with Gasteiger partial charge in [0.05, 0.1) is 0 Å². The molecule has 2 N–H and O–H groups in total. The molecule has 1 atom stereocenters. The Labute approximate surface area is 81.9 Å². The van der Waals surface area contributed by atoms with Crippen molar-refractivity contribution < 1.29 is 14.3 Å². The van der Waals surface area contributed by atoms with Crippen LogP contribution in [0.15, 0.2) is 16.5 Å². The van der Waals surface area contributed by atoms with Crippen LogP contribution in [0.4, 0.5) is 5.88 Å². The third-order valence-electron chi connectivity index (χ3n) is 2.65. The zero-order valence-corrected chi connectivity index (χ0v) is 8.20. The van der Waals surface area contributed by atoms with Gasteiger partial charge in [-0.15, -0.1) is 0 Å². The van der Waals surface area contributed by atoms with Crippen LogP contribution in [0.2, 0.25) is 0 Å². The van der Waals surface area contributed by atoms with E-state index in [1.165, 1.54) is 6.07 Å². The van der Waals surface area contributed by atoms with Crippen LogP contribution in [-0.4, -0.2) is 17.1 Å². The monoisotopic (exact) mass is 195 g/mol. The molecule has 0 aromatic carbocycles. The summed E-state index contributed by atoms with van der Waals surface area (Å²) in [7, 11) is 0. The van der Waals surface area contributed by atoms with Gasteiger partial charge in [0.15, 0.2) is 5.88 Å². The van der Waals surface area contributed by atoms with E-state index in [4.69, 9.17) is 9.52 Å². The van der Waals surface area contributed by atoms with E-state index in [9.17, 15) is 4.79 Å². The molecule has 0 saturated heterocycles. The van der Waals surface area contributed by atoms with Crippen LogP contribution in [-0.2, 0) is 0 Å². The summed E-state index contributed by atoms with van der Waals surface area (Å²) in [5.74, 6) is -0.517. The van der Waals surface area contributed by atoms with Gasteiger partial charge in [0.25, 0.3) is 0 Å². The van der Waals surface area contributed by atoms with Gasteiger partial charge in [-0.05, 0) is 17.9 Å². The Kier molecular flexibility index (Phi) is 1.80. The van der Waals surface area contributed by atoms with Gasteiger partial charge in [-0.3, -0.25) is 0 Å². The lowest BCUT2D eigenvalue weighted by Gasteiger charge is -2.03. The van der Waals surface area contributed by atoms with Crippen molar-refractivity contribution in [3.05, 3.63) is 17.9 Å². The lowest BCUT2D eigenvalue weighted by atomic mass is 10.2. The molecule has 2 rings (SSSR count). The Morgan fingerprint density at radius 2 is 2.29 bits per heavy atom. The fourth-order valence-electron chi connectivity index (χ4n) is 1.42. The minimum Gasteiger partial charge on any atom is -0.475 e. The number of aromatic carboxylic acids is 1. The molecule has 4 nitrogen and oxygen atoms in total. The molecular weight excluding hydrogens is 182 g/mol. The smallest absolute Gasteiger partial charge is 0.371 e. The Morgan fingerprint density at radius 3 is 2.71 bits per heavy atom. The summed E-state index contributed by atoms with van der Waals surface area (Å²) in [5, 5.41) is 11.8. The number of furan rings is 1. The van der Waals surface area contributed by atoms with E-state index in [1.807, 2.05) is 0 Å². The normalized spacial score (nSPS) is 23.1. The third kappa shape index (κ3) is 1.60. The average molecular weight is 195 g/mol. The highest BCUT2D eigenvalue weighted by atomic mass is 16.4. The fraction of sp³-hybridized carbons (Fsp3) is 0.500. The predicted octanol–water partition coefficient (Wildman–Crippen LogP) is 2.19. The van der Waals surface area contributed by atoms with Crippen LogP contribution >= 0.6 is 0 Å². The molecule has 1 heterocycles. The lowest BCUT2D eigenvalue weighted by Crippen LogP contribution is -2.07. The van der Waals surface area contributed by atoms with E-state index in [0.717, 1.165) is 6.42 Å². The maximum atomic E-state index is 10.5. The lowest BCUT2D eigenvalue weighted by molar-refractivity contribution is 0.0663. The first-order valence-corrected chi connectivity index (χ1v) is 4.59. The summed E-state index contributed by atoms with van der Waals surface area (Å²) < 4.78 is 5.08. The molecular formula is C10H13NO3. The second-order valence-electron chi connectivity index (χ2n) is 4.36. The molecule has 0 aliphatic heterocycles. The Hall–Kier alpha value is -1.45. The van der Waals surface area contributed by atoms with Crippen molar-refractivity contribution >= 4 is 11.9 Å². The molecule has 0 bridgehead atoms. The second-order valence-corrected chi connectivity index (χ2v) is 4.36. The van der Waals surface area contributed by atoms with E-state index in [0.29, 0.717) is 17.3 Å². The standard InChI is InChI=1S/C10H13NO3/c1-10(2)5-7(10)11-8-4-3-6(14-8)9(12)13/h3-4,7,11H,5H2,1-2H3,(H,12,13). The van der Waals surface area contributed by atoms with Gasteiger partial charge in [0.1, 0.15) is 0 Å². The summed E-state index contributed by atoms with van der Waals surface area (Å²) in [4.78, 5) is 10.5. The summed E-state index contributed by atoms with van der Waals surface area (Å²) in [6.45, 7) is 4.32. The third-order valence-corrected chi connectivity index (χ3v) is 2.65. The number of hydrogen-bond donors (Lipinski definition) is 2. The van der Waals surface area contributed by atoms with E-state index in [-0.39, 0.29) is 5.76 Å². The van der Waals surface area contributed by atoms with Gasteiger partial charge in [-0.25, -0.2) is 4.79 Å². The van der Waals surface area contributed by atoms with Crippen LogP contribution in [0.3, 0.4) is 0 Å². The molecule has 1 unspecified atom stereocenters. The van der Waals surface area contributed by atoms with Crippen molar-refractivity contribution in [3.63, 3.8) is 0 Å². The number of carboxylic acids is 1. The molecule has 1 saturated carbocycles. The molecule has 1 fully saturated rings. The highest BCUT2D eigenvalue weighted by molar-refractivity contribution is 5.84. The summed E-state index contributed by atoms with van der Waals surface area (Å²) >= 11 is 0. The van der Waals surface area contributed by atoms with Gasteiger partial charge in [-0.2, -0.15) is 0 Å². The molecule has 1 aromatic rings. The van der Waals surface area contributed by atoms with Crippen molar-refractivity contribution in [2.75, 3.05) is 5.32 Å². The van der Waals surface area contributed by atoms with Gasteiger partial charge in [0.2, 0.25) is 5.76 Å². The fourth-order valence-corrected chi connectivity index (χ4v) is 1.42. The number of nitrogens with one attached hydrogen (secondary N) is 1. The van der Waals surface area contributed by atoms with Crippen LogP contribution in [0.5, 0.6) is 0 Å². The first kappa shape index (κ1) is 9.12. The van der Waals surface area contributed by atoms with E-state index < -0.39 is 5.97 Å². The molecule has 1 aliphatic rings. The van der Waals surface area contributed by atoms with Crippen molar-refractivity contribution in [1.29, 1.82) is 0 Å². The molecule has 76 valence electrons. The van der Waals surface area contributed by atoms with E-state index in [1.54, 1.807) is 6.07 Å². The summed E-state index contributed by atoms with van der Waals surface area (Å²) in [6.07, 6.45) is 1.09. The number of carbonyl (C=O) groups is 1. The highest BCUT2D eigenvalue weighted by Crippen LogP contribution is 2.46. The maximum absolute atomic E-state index is 10.5. The second kappa shape index (κ2) is 2.77. The van der Waals surface area contributed by atoms with Gasteiger partial charge in [-0.1, -0.05) is 13.8 Å². The highest BCUT2D eigenvalue weighted by Gasteiger charge is 2.46. The van der Waals surface area contributed by atoms with E-state index in [2.05, 4.69) is 19.2 Å². The Bertz CT molecular complexity index is 367. The van der Waals surface area contributed by atoms with Crippen molar-refractivity contribution in [3.8, 4) is 0 Å². The topological polar surface area (TPSA) is 62.5 Å². The number of anilines is 1. The van der Waals surface area contributed by atoms with E-state index >= 15 is 0 Å². The molecule has 0 amide bonds. The SMILES string of the molecule is CC1(C)CC1Nc1ccc(C(=O)O)o1. The largest absolute Gasteiger partial charge is 0.475 e. The predicted molar refractivity (Wildman–Crippen MR) is 51.5 cm³/mol. The Morgan fingerprint density at radius 1 is 1.64 bits per heavy atom. The minimum absolute atomic E-state index is 0.0223. The van der Waals surface area contributed by atoms with Crippen molar-refractivity contribution in [2.24, 2.45) is 5.41 Å². The molecule has 4 heteroatoms. The summed E-state index contributed by atoms with van der Waals surface area (Å²) in [5.41, 5.74) is 0.302. The van der Waals surface area contributed by atoms with Gasteiger partial charge in [0, 0.05) is 12.1 Å². The first-order chi connectivity index (χ1) is 6.49. The quantitative estimate of drug-likeness (QED) is 0.776.